The van der Waals surface area contributed by atoms with Gasteiger partial charge >= 0.3 is 5.97 Å². The molecule has 1 aliphatic heterocycles. The fourth-order valence-electron chi connectivity index (χ4n) is 3.73. The number of hydrogen-bond acceptors (Lipinski definition) is 5. The van der Waals surface area contributed by atoms with E-state index in [1.54, 1.807) is 20.0 Å². The average molecular weight is 391 g/mol. The zero-order valence-corrected chi connectivity index (χ0v) is 18.3. The Morgan fingerprint density at radius 2 is 1.89 bits per heavy atom. The molecule has 2 rings (SSSR count). The first-order chi connectivity index (χ1) is 13.2. The van der Waals surface area contributed by atoms with Crippen LogP contribution in [0.2, 0.25) is 0 Å². The van der Waals surface area contributed by atoms with Gasteiger partial charge in [0.25, 0.3) is 5.56 Å². The second-order valence-corrected chi connectivity index (χ2v) is 7.77. The molecule has 2 heterocycles. The topological polar surface area (TPSA) is 70.6 Å². The lowest BCUT2D eigenvalue weighted by Gasteiger charge is -2.34. The average Bonchev–Trinajstić information content (AvgIpc) is 3.02. The van der Waals surface area contributed by atoms with Crippen LogP contribution in [0, 0.1) is 0 Å². The third-order valence-corrected chi connectivity index (χ3v) is 5.53. The van der Waals surface area contributed by atoms with Crippen molar-refractivity contribution in [2.45, 2.75) is 66.0 Å². The molecule has 0 amide bonds. The Kier molecular flexibility index (Phi) is 6.83. The number of nitrogens with zero attached hydrogens (tertiary/aromatic N) is 3. The summed E-state index contributed by atoms with van der Waals surface area (Å²) in [5, 5.41) is 2.79. The van der Waals surface area contributed by atoms with E-state index in [-0.39, 0.29) is 29.0 Å². The molecular weight excluding hydrogens is 356 g/mol. The summed E-state index contributed by atoms with van der Waals surface area (Å²) in [4.78, 5) is 29.5. The lowest BCUT2D eigenvalue weighted by Crippen LogP contribution is -2.45. The lowest BCUT2D eigenvalue weighted by atomic mass is 9.95. The van der Waals surface area contributed by atoms with Crippen molar-refractivity contribution in [3.8, 4) is 0 Å². The summed E-state index contributed by atoms with van der Waals surface area (Å²) >= 11 is 0. The highest BCUT2D eigenvalue weighted by Gasteiger charge is 2.45. The van der Waals surface area contributed by atoms with E-state index in [1.165, 1.54) is 4.68 Å². The molecule has 0 saturated carbocycles. The minimum atomic E-state index is -0.533. The van der Waals surface area contributed by atoms with Crippen LogP contribution in [0.25, 0.3) is 6.08 Å². The van der Waals surface area contributed by atoms with Crippen LogP contribution in [-0.2, 0) is 11.8 Å². The first-order valence-corrected chi connectivity index (χ1v) is 10.2. The zero-order valence-electron chi connectivity index (χ0n) is 18.3. The summed E-state index contributed by atoms with van der Waals surface area (Å²) in [6.45, 7) is 14.8. The second kappa shape index (κ2) is 8.74. The summed E-state index contributed by atoms with van der Waals surface area (Å²) in [5.41, 5.74) is 3.47. The van der Waals surface area contributed by atoms with Gasteiger partial charge in [-0.3, -0.25) is 14.6 Å². The van der Waals surface area contributed by atoms with Gasteiger partial charge in [-0.25, -0.2) is 4.79 Å². The fourth-order valence-corrected chi connectivity index (χ4v) is 3.73. The molecule has 0 bridgehead atoms. The van der Waals surface area contributed by atoms with E-state index < -0.39 is 5.97 Å². The van der Waals surface area contributed by atoms with Crippen LogP contribution in [0.5, 0.6) is 0 Å². The van der Waals surface area contributed by atoms with E-state index in [9.17, 15) is 9.59 Å². The first-order valence-electron chi connectivity index (χ1n) is 10.2. The van der Waals surface area contributed by atoms with E-state index in [4.69, 9.17) is 4.74 Å². The molecule has 0 aromatic carbocycles. The van der Waals surface area contributed by atoms with Gasteiger partial charge in [0.05, 0.1) is 23.8 Å². The summed E-state index contributed by atoms with van der Waals surface area (Å²) in [5.74, 6) is 0.438. The number of carbonyl (C=O) groups is 1. The van der Waals surface area contributed by atoms with Crippen molar-refractivity contribution < 1.29 is 9.53 Å². The van der Waals surface area contributed by atoms with E-state index in [1.807, 2.05) is 0 Å². The summed E-state index contributed by atoms with van der Waals surface area (Å²) < 4.78 is 6.37. The highest BCUT2D eigenvalue weighted by atomic mass is 16.5. The largest absolute Gasteiger partial charge is 0.461 e. The molecule has 1 fully saturated rings. The Bertz CT molecular complexity index is 827. The van der Waals surface area contributed by atoms with Crippen molar-refractivity contribution in [1.82, 2.24) is 19.6 Å². The fraction of sp³-hybridized carbons (Fsp3) is 0.667. The highest BCUT2D eigenvalue weighted by molar-refractivity contribution is 5.91. The predicted molar refractivity (Wildman–Crippen MR) is 111 cm³/mol. The van der Waals surface area contributed by atoms with Crippen molar-refractivity contribution in [2.75, 3.05) is 19.7 Å². The Labute approximate surface area is 167 Å². The molecule has 7 heteroatoms. The van der Waals surface area contributed by atoms with Crippen molar-refractivity contribution >= 4 is 12.0 Å². The third kappa shape index (κ3) is 3.90. The number of carbonyl (C=O) groups excluding carboxylic acids is 1. The summed E-state index contributed by atoms with van der Waals surface area (Å²) in [6.07, 6.45) is 3.66. The van der Waals surface area contributed by atoms with Gasteiger partial charge in [0.2, 0.25) is 0 Å². The quantitative estimate of drug-likeness (QED) is 0.573. The van der Waals surface area contributed by atoms with Gasteiger partial charge in [-0.05, 0) is 46.6 Å². The number of aromatic nitrogens is 2. The molecule has 28 heavy (non-hydrogen) atoms. The first kappa shape index (κ1) is 21.9. The number of rotatable bonds is 7. The molecule has 1 saturated heterocycles. The Morgan fingerprint density at radius 3 is 2.46 bits per heavy atom. The zero-order chi connectivity index (χ0) is 21.1. The SMILES string of the molecule is CCCN1C(=C=Cc2c(C(=O)OCC)[nH]n(C)c2=O)N(CCC)C(C)(C)C1C. The smallest absolute Gasteiger partial charge is 0.357 e. The molecule has 1 aliphatic rings. The Morgan fingerprint density at radius 1 is 1.25 bits per heavy atom. The molecule has 1 aromatic rings. The minimum absolute atomic E-state index is 0.0472. The van der Waals surface area contributed by atoms with Gasteiger partial charge in [-0.15, -0.1) is 0 Å². The highest BCUT2D eigenvalue weighted by Crippen LogP contribution is 2.37. The summed E-state index contributed by atoms with van der Waals surface area (Å²) in [7, 11) is 1.59. The van der Waals surface area contributed by atoms with Gasteiger partial charge < -0.3 is 14.5 Å². The van der Waals surface area contributed by atoms with Gasteiger partial charge in [-0.2, -0.15) is 0 Å². The third-order valence-electron chi connectivity index (χ3n) is 5.53. The standard InChI is InChI=1S/C21H34N4O3/c1-8-13-24-15(4)21(5,6)25(14-9-2)17(24)12-11-16-18(20(27)28-10-3)22-23(7)19(16)26/h11,15,22H,8-10,13-14H2,1-7H3. The number of hydrogen-bond donors (Lipinski definition) is 1. The van der Waals surface area contributed by atoms with Crippen LogP contribution in [-0.4, -0.2) is 56.8 Å². The van der Waals surface area contributed by atoms with Crippen LogP contribution in [0.1, 0.15) is 70.4 Å². The maximum absolute atomic E-state index is 12.5. The number of aromatic amines is 1. The molecule has 156 valence electrons. The van der Waals surface area contributed by atoms with Gasteiger partial charge in [0, 0.05) is 20.1 Å². The molecule has 1 aromatic heterocycles. The maximum atomic E-state index is 12.5. The van der Waals surface area contributed by atoms with E-state index in [2.05, 4.69) is 55.2 Å². The molecule has 7 nitrogen and oxygen atoms in total. The number of nitrogens with one attached hydrogen (secondary N) is 1. The van der Waals surface area contributed by atoms with E-state index >= 15 is 0 Å². The number of aryl methyl sites for hydroxylation is 1. The Hall–Kier alpha value is -2.40. The minimum Gasteiger partial charge on any atom is -0.461 e. The maximum Gasteiger partial charge on any atom is 0.357 e. The van der Waals surface area contributed by atoms with E-state index in [0.29, 0.717) is 6.04 Å². The monoisotopic (exact) mass is 390 g/mol. The Balaban J connectivity index is 2.61. The van der Waals surface area contributed by atoms with Crippen molar-refractivity contribution in [3.63, 3.8) is 0 Å². The van der Waals surface area contributed by atoms with Crippen LogP contribution in [0.3, 0.4) is 0 Å². The molecule has 1 N–H and O–H groups in total. The van der Waals surface area contributed by atoms with Crippen LogP contribution in [0.15, 0.2) is 16.3 Å². The van der Waals surface area contributed by atoms with Crippen molar-refractivity contribution in [2.24, 2.45) is 7.05 Å². The van der Waals surface area contributed by atoms with Crippen LogP contribution >= 0.6 is 0 Å². The summed E-state index contributed by atoms with van der Waals surface area (Å²) in [6, 6.07) is 0.313. The normalized spacial score (nSPS) is 18.4. The molecule has 0 spiro atoms. The van der Waals surface area contributed by atoms with Crippen LogP contribution in [0.4, 0.5) is 0 Å². The number of esters is 1. The molecule has 0 radical (unpaired) electrons. The van der Waals surface area contributed by atoms with Gasteiger partial charge in [-0.1, -0.05) is 19.6 Å². The van der Waals surface area contributed by atoms with Gasteiger partial charge in [0.15, 0.2) is 5.69 Å². The van der Waals surface area contributed by atoms with Gasteiger partial charge in [0.1, 0.15) is 5.82 Å². The number of ether oxygens (including phenoxy) is 1. The predicted octanol–water partition coefficient (Wildman–Crippen LogP) is 2.95. The van der Waals surface area contributed by atoms with E-state index in [0.717, 1.165) is 31.8 Å². The molecular formula is C21H34N4O3. The van der Waals surface area contributed by atoms with Crippen molar-refractivity contribution in [1.29, 1.82) is 0 Å². The number of H-pyrrole nitrogens is 1. The van der Waals surface area contributed by atoms with Crippen LogP contribution < -0.4 is 5.56 Å². The molecule has 1 atom stereocenters. The van der Waals surface area contributed by atoms with Crippen molar-refractivity contribution in [3.05, 3.63) is 33.2 Å². The second-order valence-electron chi connectivity index (χ2n) is 7.77. The molecule has 0 aliphatic carbocycles. The molecule has 1 unspecified atom stereocenters. The lowest BCUT2D eigenvalue weighted by molar-refractivity contribution is 0.0518.